The number of aromatic amines is 1. The van der Waals surface area contributed by atoms with E-state index < -0.39 is 6.61 Å². The molecular formula is C15H15F2N3O2S. The molecule has 0 saturated carbocycles. The molecule has 3 rings (SSSR count). The van der Waals surface area contributed by atoms with Gasteiger partial charge in [-0.3, -0.25) is 4.79 Å². The normalized spacial score (nSPS) is 13.4. The van der Waals surface area contributed by atoms with Crippen LogP contribution in [0.4, 0.5) is 8.78 Å². The first-order valence-corrected chi connectivity index (χ1v) is 8.17. The van der Waals surface area contributed by atoms with Crippen LogP contribution < -0.4 is 10.3 Å². The van der Waals surface area contributed by atoms with Crippen molar-refractivity contribution < 1.29 is 13.5 Å². The summed E-state index contributed by atoms with van der Waals surface area (Å²) in [7, 11) is 0. The van der Waals surface area contributed by atoms with E-state index in [1.54, 1.807) is 13.0 Å². The van der Waals surface area contributed by atoms with Gasteiger partial charge in [0.1, 0.15) is 0 Å². The number of aryl methyl sites for hydroxylation is 2. The van der Waals surface area contributed by atoms with E-state index >= 15 is 0 Å². The molecule has 0 aromatic carbocycles. The van der Waals surface area contributed by atoms with E-state index in [1.807, 2.05) is 0 Å². The summed E-state index contributed by atoms with van der Waals surface area (Å²) >= 11 is 1.28. The van der Waals surface area contributed by atoms with E-state index in [0.717, 1.165) is 36.1 Å². The summed E-state index contributed by atoms with van der Waals surface area (Å²) in [6.45, 7) is -1.12. The zero-order chi connectivity index (χ0) is 16.4. The number of fused-ring (bicyclic) bond motifs is 1. The average Bonchev–Trinajstić information content (AvgIpc) is 2.95. The molecule has 0 spiro atoms. The third-order valence-electron chi connectivity index (χ3n) is 3.72. The molecule has 0 saturated heterocycles. The summed E-state index contributed by atoms with van der Waals surface area (Å²) < 4.78 is 29.4. The number of nitrogens with zero attached hydrogens (tertiary/aromatic N) is 2. The van der Waals surface area contributed by atoms with Crippen molar-refractivity contribution in [1.82, 2.24) is 15.0 Å². The van der Waals surface area contributed by atoms with Gasteiger partial charge in [0.15, 0.2) is 5.16 Å². The van der Waals surface area contributed by atoms with Gasteiger partial charge in [-0.1, -0.05) is 11.8 Å². The molecule has 0 bridgehead atoms. The molecule has 5 nitrogen and oxygen atoms in total. The van der Waals surface area contributed by atoms with Crippen molar-refractivity contribution in [2.24, 2.45) is 0 Å². The maximum atomic E-state index is 12.5. The van der Waals surface area contributed by atoms with Crippen molar-refractivity contribution in [1.29, 1.82) is 0 Å². The molecule has 2 heterocycles. The monoisotopic (exact) mass is 339 g/mol. The number of nitrogens with one attached hydrogen (secondary N) is 1. The smallest absolute Gasteiger partial charge is 0.388 e. The van der Waals surface area contributed by atoms with Gasteiger partial charge < -0.3 is 9.72 Å². The minimum Gasteiger partial charge on any atom is -0.417 e. The Balaban J connectivity index is 1.81. The van der Waals surface area contributed by atoms with Crippen LogP contribution >= 0.6 is 11.8 Å². The molecule has 0 amide bonds. The summed E-state index contributed by atoms with van der Waals surface area (Å²) in [6, 6.07) is 1.73. The molecular weight excluding hydrogens is 324 g/mol. The maximum Gasteiger partial charge on any atom is 0.388 e. The Labute approximate surface area is 135 Å². The molecule has 0 fully saturated rings. The standard InChI is InChI=1S/C15H15F2N3O2S/c1-8-5-6-18-13(22-14(16)17)10(8)7-23-15-19-11-4-2-3-9(11)12(21)20-15/h5-6,14H,2-4,7H2,1H3,(H,19,20,21). The highest BCUT2D eigenvalue weighted by Crippen LogP contribution is 2.28. The number of hydrogen-bond donors (Lipinski definition) is 1. The van der Waals surface area contributed by atoms with E-state index in [-0.39, 0.29) is 11.4 Å². The van der Waals surface area contributed by atoms with Crippen LogP contribution in [-0.2, 0) is 18.6 Å². The summed E-state index contributed by atoms with van der Waals surface area (Å²) in [6.07, 6.45) is 3.93. The van der Waals surface area contributed by atoms with Crippen LogP contribution in [0.3, 0.4) is 0 Å². The third kappa shape index (κ3) is 3.52. The molecule has 2 aromatic heterocycles. The number of aromatic nitrogens is 3. The lowest BCUT2D eigenvalue weighted by molar-refractivity contribution is -0.0534. The van der Waals surface area contributed by atoms with Gasteiger partial charge in [-0.05, 0) is 37.8 Å². The Hall–Kier alpha value is -1.96. The van der Waals surface area contributed by atoms with Crippen LogP contribution in [0.1, 0.15) is 28.8 Å². The Morgan fingerprint density at radius 2 is 2.26 bits per heavy atom. The number of alkyl halides is 2. The first-order chi connectivity index (χ1) is 11.0. The van der Waals surface area contributed by atoms with Crippen molar-refractivity contribution in [2.75, 3.05) is 0 Å². The third-order valence-corrected chi connectivity index (χ3v) is 4.62. The molecule has 23 heavy (non-hydrogen) atoms. The summed E-state index contributed by atoms with van der Waals surface area (Å²) in [5, 5.41) is 0.488. The van der Waals surface area contributed by atoms with Crippen LogP contribution in [0.15, 0.2) is 22.2 Å². The van der Waals surface area contributed by atoms with Crippen molar-refractivity contribution in [3.8, 4) is 5.88 Å². The van der Waals surface area contributed by atoms with Crippen molar-refractivity contribution >= 4 is 11.8 Å². The minimum atomic E-state index is -2.93. The average molecular weight is 339 g/mol. The van der Waals surface area contributed by atoms with Crippen LogP contribution in [-0.4, -0.2) is 21.6 Å². The fourth-order valence-corrected chi connectivity index (χ4v) is 3.53. The molecule has 8 heteroatoms. The molecule has 0 unspecified atom stereocenters. The minimum absolute atomic E-state index is 0.0870. The molecule has 1 aliphatic carbocycles. The number of hydrogen-bond acceptors (Lipinski definition) is 5. The second-order valence-electron chi connectivity index (χ2n) is 5.23. The van der Waals surface area contributed by atoms with E-state index in [2.05, 4.69) is 19.7 Å². The molecule has 122 valence electrons. The SMILES string of the molecule is Cc1ccnc(OC(F)F)c1CSc1nc2c(c(=O)[nH]1)CCC2. The van der Waals surface area contributed by atoms with Crippen LogP contribution in [0.5, 0.6) is 5.88 Å². The quantitative estimate of drug-likeness (QED) is 0.670. The fraction of sp³-hybridized carbons (Fsp3) is 0.400. The van der Waals surface area contributed by atoms with Crippen LogP contribution in [0.25, 0.3) is 0 Å². The number of pyridine rings is 1. The van der Waals surface area contributed by atoms with Gasteiger partial charge in [-0.25, -0.2) is 9.97 Å². The first-order valence-electron chi connectivity index (χ1n) is 7.18. The second-order valence-corrected chi connectivity index (χ2v) is 6.19. The van der Waals surface area contributed by atoms with Gasteiger partial charge in [0.2, 0.25) is 5.88 Å². The Morgan fingerprint density at radius 1 is 1.43 bits per heavy atom. The van der Waals surface area contributed by atoms with Crippen molar-refractivity contribution in [2.45, 2.75) is 43.7 Å². The van der Waals surface area contributed by atoms with Gasteiger partial charge in [0.25, 0.3) is 5.56 Å². The van der Waals surface area contributed by atoms with E-state index in [9.17, 15) is 13.6 Å². The molecule has 0 radical (unpaired) electrons. The summed E-state index contributed by atoms with van der Waals surface area (Å²) in [4.78, 5) is 23.0. The highest BCUT2D eigenvalue weighted by molar-refractivity contribution is 7.98. The van der Waals surface area contributed by atoms with Crippen LogP contribution in [0, 0.1) is 6.92 Å². The number of thioether (sulfide) groups is 1. The first kappa shape index (κ1) is 15.9. The Kier molecular flexibility index (Phi) is 4.61. The molecule has 1 aliphatic rings. The molecule has 2 aromatic rings. The zero-order valence-electron chi connectivity index (χ0n) is 12.4. The lowest BCUT2D eigenvalue weighted by atomic mass is 10.2. The lowest BCUT2D eigenvalue weighted by Crippen LogP contribution is -2.15. The van der Waals surface area contributed by atoms with Crippen molar-refractivity contribution in [3.63, 3.8) is 0 Å². The van der Waals surface area contributed by atoms with Crippen molar-refractivity contribution in [3.05, 3.63) is 45.0 Å². The fourth-order valence-electron chi connectivity index (χ4n) is 2.55. The van der Waals surface area contributed by atoms with Crippen LogP contribution in [0.2, 0.25) is 0 Å². The molecule has 1 N–H and O–H groups in total. The summed E-state index contributed by atoms with van der Waals surface area (Å²) in [5.41, 5.74) is 2.85. The number of ether oxygens (including phenoxy) is 1. The molecule has 0 atom stereocenters. The zero-order valence-corrected chi connectivity index (χ0v) is 13.3. The van der Waals surface area contributed by atoms with Gasteiger partial charge >= 0.3 is 6.61 Å². The highest BCUT2D eigenvalue weighted by atomic mass is 32.2. The van der Waals surface area contributed by atoms with E-state index in [1.165, 1.54) is 18.0 Å². The number of H-pyrrole nitrogens is 1. The highest BCUT2D eigenvalue weighted by Gasteiger charge is 2.18. The number of halogens is 2. The Bertz CT molecular complexity index is 780. The van der Waals surface area contributed by atoms with Gasteiger partial charge in [0.05, 0.1) is 5.69 Å². The van der Waals surface area contributed by atoms with Gasteiger partial charge in [0, 0.05) is 23.1 Å². The van der Waals surface area contributed by atoms with Gasteiger partial charge in [-0.2, -0.15) is 8.78 Å². The summed E-state index contributed by atoms with van der Waals surface area (Å²) in [5.74, 6) is 0.250. The van der Waals surface area contributed by atoms with Gasteiger partial charge in [-0.15, -0.1) is 0 Å². The van der Waals surface area contributed by atoms with E-state index in [0.29, 0.717) is 16.5 Å². The second kappa shape index (κ2) is 6.66. The number of rotatable bonds is 5. The Morgan fingerprint density at radius 3 is 3.04 bits per heavy atom. The maximum absolute atomic E-state index is 12.5. The van der Waals surface area contributed by atoms with E-state index in [4.69, 9.17) is 0 Å². The molecule has 0 aliphatic heterocycles. The lowest BCUT2D eigenvalue weighted by Gasteiger charge is -2.11. The largest absolute Gasteiger partial charge is 0.417 e. The predicted octanol–water partition coefficient (Wildman–Crippen LogP) is 2.86. The topological polar surface area (TPSA) is 67.9 Å². The predicted molar refractivity (Wildman–Crippen MR) is 82.0 cm³/mol.